The summed E-state index contributed by atoms with van der Waals surface area (Å²) < 4.78 is 2.12. The molecule has 2 saturated carbocycles. The molecule has 2 N–H and O–H groups in total. The molecule has 206 valence electrons. The van der Waals surface area contributed by atoms with E-state index in [2.05, 4.69) is 33.2 Å². The van der Waals surface area contributed by atoms with Crippen LogP contribution in [-0.2, 0) is 11.3 Å². The molecule has 3 fully saturated rings. The van der Waals surface area contributed by atoms with Gasteiger partial charge in [0, 0.05) is 29.7 Å². The molecule has 1 aromatic heterocycles. The predicted molar refractivity (Wildman–Crippen MR) is 149 cm³/mol. The number of hydrogen-bond acceptors (Lipinski definition) is 5. The van der Waals surface area contributed by atoms with Gasteiger partial charge in [0.05, 0.1) is 23.4 Å². The summed E-state index contributed by atoms with van der Waals surface area (Å²) in [5.41, 5.74) is 2.93. The van der Waals surface area contributed by atoms with Crippen LogP contribution in [0.15, 0.2) is 42.9 Å². The van der Waals surface area contributed by atoms with E-state index in [4.69, 9.17) is 0 Å². The molecule has 2 aliphatic carbocycles. The second kappa shape index (κ2) is 11.0. The maximum Gasteiger partial charge on any atom is 0.264 e. The van der Waals surface area contributed by atoms with Crippen molar-refractivity contribution in [3.8, 4) is 0 Å². The van der Waals surface area contributed by atoms with Crippen molar-refractivity contribution in [2.75, 3.05) is 5.32 Å². The Kier molecular flexibility index (Phi) is 7.28. The largest absolute Gasteiger partial charge is 0.380 e. The van der Waals surface area contributed by atoms with Crippen LogP contribution < -0.4 is 10.6 Å². The minimum absolute atomic E-state index is 0.336. The monoisotopic (exact) mass is 529 g/mol. The fourth-order valence-electron chi connectivity index (χ4n) is 7.15. The normalized spacial score (nSPS) is 26.1. The molecule has 1 saturated heterocycles. The summed E-state index contributed by atoms with van der Waals surface area (Å²) >= 11 is 0. The van der Waals surface area contributed by atoms with Crippen LogP contribution in [0.25, 0.3) is 0 Å². The third-order valence-corrected chi connectivity index (χ3v) is 9.30. The first-order valence-corrected chi connectivity index (χ1v) is 14.7. The Labute approximate surface area is 230 Å². The summed E-state index contributed by atoms with van der Waals surface area (Å²) in [7, 11) is 0. The van der Waals surface area contributed by atoms with Gasteiger partial charge in [0.15, 0.2) is 0 Å². The molecule has 0 bridgehead atoms. The van der Waals surface area contributed by atoms with Crippen molar-refractivity contribution >= 4 is 23.4 Å². The average molecular weight is 530 g/mol. The maximum absolute atomic E-state index is 13.4. The van der Waals surface area contributed by atoms with Gasteiger partial charge in [-0.15, -0.1) is 0 Å². The van der Waals surface area contributed by atoms with E-state index in [-0.39, 0.29) is 5.91 Å². The van der Waals surface area contributed by atoms with Crippen molar-refractivity contribution in [1.82, 2.24) is 20.0 Å². The van der Waals surface area contributed by atoms with E-state index < -0.39 is 17.9 Å². The Morgan fingerprint density at radius 3 is 2.49 bits per heavy atom. The number of piperidine rings is 1. The SMILES string of the molecule is C=C1CCC(N2C(=O)c3cccc(NCc4cnn(C5CCC(CC6CCCCC6)CC5)c4)c3C2=O)C(=O)N1. The third-order valence-electron chi connectivity index (χ3n) is 9.30. The number of imide groups is 1. The highest BCUT2D eigenvalue weighted by molar-refractivity contribution is 6.25. The van der Waals surface area contributed by atoms with E-state index in [0.29, 0.717) is 47.9 Å². The molecule has 1 atom stereocenters. The Morgan fingerprint density at radius 2 is 1.72 bits per heavy atom. The Hall–Kier alpha value is -3.42. The number of rotatable bonds is 7. The van der Waals surface area contributed by atoms with Crippen molar-refractivity contribution in [3.05, 3.63) is 59.6 Å². The van der Waals surface area contributed by atoms with Gasteiger partial charge in [0.2, 0.25) is 5.91 Å². The van der Waals surface area contributed by atoms with Gasteiger partial charge in [-0.3, -0.25) is 24.0 Å². The summed E-state index contributed by atoms with van der Waals surface area (Å²) in [6.07, 6.45) is 18.5. The highest BCUT2D eigenvalue weighted by Crippen LogP contribution is 2.38. The standard InChI is InChI=1S/C31H39N5O3/c1-20-10-15-27(29(37)34-20)36-30(38)25-8-5-9-26(28(25)31(36)39)32-17-23-18-33-35(19-23)24-13-11-22(12-14-24)16-21-6-3-2-4-7-21/h5,8-9,18-19,21-22,24,27,32H,1-4,6-7,10-17H2,(H,34,37). The molecule has 1 unspecified atom stereocenters. The number of amides is 3. The van der Waals surface area contributed by atoms with Gasteiger partial charge in [-0.25, -0.2) is 0 Å². The van der Waals surface area contributed by atoms with E-state index in [1.165, 1.54) is 64.2 Å². The molecule has 3 heterocycles. The van der Waals surface area contributed by atoms with E-state index in [0.717, 1.165) is 22.3 Å². The second-order valence-electron chi connectivity index (χ2n) is 12.0. The van der Waals surface area contributed by atoms with Gasteiger partial charge in [-0.05, 0) is 68.9 Å². The molecular weight excluding hydrogens is 490 g/mol. The van der Waals surface area contributed by atoms with Gasteiger partial charge in [0.25, 0.3) is 11.8 Å². The number of benzene rings is 1. The van der Waals surface area contributed by atoms with Gasteiger partial charge in [-0.1, -0.05) is 44.7 Å². The van der Waals surface area contributed by atoms with Crippen molar-refractivity contribution in [2.45, 2.75) is 95.7 Å². The fourth-order valence-corrected chi connectivity index (χ4v) is 7.15. The average Bonchev–Trinajstić information content (AvgIpc) is 3.52. The highest BCUT2D eigenvalue weighted by atomic mass is 16.2. The summed E-state index contributed by atoms with van der Waals surface area (Å²) in [4.78, 5) is 40.1. The zero-order valence-corrected chi connectivity index (χ0v) is 22.7. The zero-order valence-electron chi connectivity index (χ0n) is 22.7. The third kappa shape index (κ3) is 5.25. The highest BCUT2D eigenvalue weighted by Gasteiger charge is 2.45. The number of allylic oxidation sites excluding steroid dienone is 1. The summed E-state index contributed by atoms with van der Waals surface area (Å²) in [5, 5.41) is 10.7. The molecule has 0 radical (unpaired) electrons. The van der Waals surface area contributed by atoms with Crippen molar-refractivity contribution in [1.29, 1.82) is 0 Å². The number of hydrogen-bond donors (Lipinski definition) is 2. The van der Waals surface area contributed by atoms with Crippen LogP contribution in [0, 0.1) is 11.8 Å². The lowest BCUT2D eigenvalue weighted by Gasteiger charge is -2.32. The molecule has 8 heteroatoms. The minimum atomic E-state index is -0.813. The molecule has 8 nitrogen and oxygen atoms in total. The molecular formula is C31H39N5O3. The first kappa shape index (κ1) is 25.8. The summed E-state index contributed by atoms with van der Waals surface area (Å²) in [6.45, 7) is 4.29. The lowest BCUT2D eigenvalue weighted by atomic mass is 9.76. The molecule has 4 aliphatic rings. The molecule has 6 rings (SSSR count). The number of nitrogens with zero attached hydrogens (tertiary/aromatic N) is 3. The lowest BCUT2D eigenvalue weighted by Crippen LogP contribution is -2.51. The predicted octanol–water partition coefficient (Wildman–Crippen LogP) is 5.59. The quantitative estimate of drug-likeness (QED) is 0.456. The second-order valence-corrected chi connectivity index (χ2v) is 12.0. The molecule has 1 aromatic carbocycles. The Morgan fingerprint density at radius 1 is 0.949 bits per heavy atom. The van der Waals surface area contributed by atoms with Crippen LogP contribution >= 0.6 is 0 Å². The molecule has 2 aromatic rings. The Balaban J connectivity index is 1.07. The smallest absolute Gasteiger partial charge is 0.264 e. The van der Waals surface area contributed by atoms with Crippen LogP contribution in [-0.4, -0.2) is 38.4 Å². The summed E-state index contributed by atoms with van der Waals surface area (Å²) in [5.74, 6) is 0.631. The molecule has 2 aliphatic heterocycles. The first-order chi connectivity index (χ1) is 19.0. The minimum Gasteiger partial charge on any atom is -0.380 e. The zero-order chi connectivity index (χ0) is 26.9. The number of fused-ring (bicyclic) bond motifs is 1. The fraction of sp³-hybridized carbons (Fsp3) is 0.548. The van der Waals surface area contributed by atoms with Gasteiger partial charge in [0.1, 0.15) is 6.04 Å². The molecule has 3 amide bonds. The maximum atomic E-state index is 13.4. The van der Waals surface area contributed by atoms with Crippen LogP contribution in [0.1, 0.15) is 109 Å². The van der Waals surface area contributed by atoms with Gasteiger partial charge < -0.3 is 10.6 Å². The number of aromatic nitrogens is 2. The van der Waals surface area contributed by atoms with E-state index >= 15 is 0 Å². The Bertz CT molecular complexity index is 1270. The van der Waals surface area contributed by atoms with Crippen LogP contribution in [0.5, 0.6) is 0 Å². The van der Waals surface area contributed by atoms with Crippen LogP contribution in [0.3, 0.4) is 0 Å². The van der Waals surface area contributed by atoms with Crippen molar-refractivity contribution in [2.24, 2.45) is 11.8 Å². The molecule has 0 spiro atoms. The summed E-state index contributed by atoms with van der Waals surface area (Å²) in [6, 6.07) is 4.88. The van der Waals surface area contributed by atoms with Crippen molar-refractivity contribution in [3.63, 3.8) is 0 Å². The topological polar surface area (TPSA) is 96.3 Å². The van der Waals surface area contributed by atoms with Gasteiger partial charge in [-0.2, -0.15) is 5.10 Å². The van der Waals surface area contributed by atoms with E-state index in [9.17, 15) is 14.4 Å². The van der Waals surface area contributed by atoms with Crippen molar-refractivity contribution < 1.29 is 14.4 Å². The number of carbonyl (C=O) groups excluding carboxylic acids is 3. The van der Waals surface area contributed by atoms with E-state index in [1.807, 2.05) is 12.3 Å². The first-order valence-electron chi connectivity index (χ1n) is 14.7. The van der Waals surface area contributed by atoms with Crippen LogP contribution in [0.4, 0.5) is 5.69 Å². The lowest BCUT2D eigenvalue weighted by molar-refractivity contribution is -0.125. The van der Waals surface area contributed by atoms with Gasteiger partial charge >= 0.3 is 0 Å². The molecule has 39 heavy (non-hydrogen) atoms. The van der Waals surface area contributed by atoms with E-state index in [1.54, 1.807) is 12.1 Å². The van der Waals surface area contributed by atoms with Crippen LogP contribution in [0.2, 0.25) is 0 Å². The number of nitrogens with one attached hydrogen (secondary N) is 2. The number of carbonyl (C=O) groups is 3. The number of anilines is 1.